The van der Waals surface area contributed by atoms with Crippen molar-refractivity contribution in [2.45, 2.75) is 82.6 Å². The minimum atomic E-state index is -0.281. The predicted molar refractivity (Wildman–Crippen MR) is 139 cm³/mol. The van der Waals surface area contributed by atoms with E-state index >= 15 is 0 Å². The molecule has 1 amide bonds. The van der Waals surface area contributed by atoms with Crippen LogP contribution in [0.4, 0.5) is 0 Å². The molecule has 5 rings (SSSR count). The minimum absolute atomic E-state index is 0.0920. The lowest BCUT2D eigenvalue weighted by Crippen LogP contribution is -2.51. The Morgan fingerprint density at radius 1 is 1.03 bits per heavy atom. The lowest BCUT2D eigenvalue weighted by Gasteiger charge is -2.42. The van der Waals surface area contributed by atoms with Gasteiger partial charge in [-0.1, -0.05) is 67.8 Å². The predicted octanol–water partition coefficient (Wildman–Crippen LogP) is 4.44. The van der Waals surface area contributed by atoms with E-state index in [0.717, 1.165) is 62.5 Å². The zero-order valence-electron chi connectivity index (χ0n) is 20.8. The van der Waals surface area contributed by atoms with Gasteiger partial charge in [-0.25, -0.2) is 4.99 Å². The third-order valence-corrected chi connectivity index (χ3v) is 8.55. The van der Waals surface area contributed by atoms with Crippen LogP contribution >= 0.6 is 0 Å². The normalized spacial score (nSPS) is 29.9. The molecular formula is C29H40N4O2. The molecule has 6 heteroatoms. The van der Waals surface area contributed by atoms with Gasteiger partial charge in [-0.15, -0.1) is 0 Å². The monoisotopic (exact) mass is 476 g/mol. The van der Waals surface area contributed by atoms with E-state index < -0.39 is 0 Å². The highest BCUT2D eigenvalue weighted by atomic mass is 16.5. The van der Waals surface area contributed by atoms with Gasteiger partial charge in [0.2, 0.25) is 5.91 Å². The first kappa shape index (κ1) is 24.1. The second-order valence-electron chi connectivity index (χ2n) is 10.9. The molecule has 0 aromatic heterocycles. The summed E-state index contributed by atoms with van der Waals surface area (Å²) in [5.41, 5.74) is 13.0. The Hall–Kier alpha value is -2.60. The van der Waals surface area contributed by atoms with Crippen molar-refractivity contribution < 1.29 is 9.53 Å². The number of carbonyl (C=O) groups excluding carboxylic acids is 1. The van der Waals surface area contributed by atoms with Crippen molar-refractivity contribution >= 4 is 11.9 Å². The van der Waals surface area contributed by atoms with Crippen LogP contribution in [0.3, 0.4) is 0 Å². The maximum Gasteiger partial charge on any atom is 0.226 e. The fourth-order valence-electron chi connectivity index (χ4n) is 6.85. The number of ether oxygens (including phenoxy) is 1. The largest absolute Gasteiger partial charge is 0.370 e. The molecule has 0 bridgehead atoms. The van der Waals surface area contributed by atoms with E-state index in [1.165, 1.54) is 6.42 Å². The Morgan fingerprint density at radius 2 is 1.80 bits per heavy atom. The lowest BCUT2D eigenvalue weighted by atomic mass is 9.70. The number of amides is 1. The molecule has 1 aromatic carbocycles. The van der Waals surface area contributed by atoms with Crippen molar-refractivity contribution in [3.05, 3.63) is 59.7 Å². The Morgan fingerprint density at radius 3 is 2.63 bits per heavy atom. The van der Waals surface area contributed by atoms with Crippen LogP contribution in [0.2, 0.25) is 0 Å². The average Bonchev–Trinajstić information content (AvgIpc) is 3.21. The van der Waals surface area contributed by atoms with Gasteiger partial charge in [-0.3, -0.25) is 4.79 Å². The van der Waals surface area contributed by atoms with Crippen LogP contribution in [-0.2, 0) is 22.6 Å². The van der Waals surface area contributed by atoms with Crippen LogP contribution in [0.5, 0.6) is 0 Å². The molecule has 1 aliphatic heterocycles. The molecule has 4 N–H and O–H groups in total. The van der Waals surface area contributed by atoms with Crippen molar-refractivity contribution in [1.29, 1.82) is 0 Å². The minimum Gasteiger partial charge on any atom is -0.370 e. The molecule has 1 heterocycles. The summed E-state index contributed by atoms with van der Waals surface area (Å²) in [5.74, 6) is 1.55. The summed E-state index contributed by atoms with van der Waals surface area (Å²) >= 11 is 0. The van der Waals surface area contributed by atoms with Gasteiger partial charge in [0.25, 0.3) is 0 Å². The highest BCUT2D eigenvalue weighted by Gasteiger charge is 2.55. The Bertz CT molecular complexity index is 992. The molecule has 3 aliphatic carbocycles. The van der Waals surface area contributed by atoms with Gasteiger partial charge in [-0.2, -0.15) is 0 Å². The number of benzene rings is 1. The SMILES string of the molecule is NC(N)=NCc1cccc(CN(CC23CC=CCC2C2CC=CCC2O3)C(=O)C2CCCCC2)c1. The smallest absolute Gasteiger partial charge is 0.226 e. The zero-order valence-corrected chi connectivity index (χ0v) is 20.8. The number of hydrogen-bond donors (Lipinski definition) is 2. The number of nitrogens with two attached hydrogens (primary N) is 2. The summed E-state index contributed by atoms with van der Waals surface area (Å²) in [4.78, 5) is 20.3. The van der Waals surface area contributed by atoms with E-state index in [4.69, 9.17) is 16.2 Å². The molecule has 1 aromatic rings. The van der Waals surface area contributed by atoms with Gasteiger partial charge >= 0.3 is 0 Å². The van der Waals surface area contributed by atoms with Crippen molar-refractivity contribution in [3.8, 4) is 0 Å². The van der Waals surface area contributed by atoms with E-state index in [0.29, 0.717) is 37.4 Å². The molecule has 35 heavy (non-hydrogen) atoms. The molecule has 4 unspecified atom stereocenters. The summed E-state index contributed by atoms with van der Waals surface area (Å²) in [7, 11) is 0. The maximum absolute atomic E-state index is 14.0. The Kier molecular flexibility index (Phi) is 7.28. The van der Waals surface area contributed by atoms with Crippen LogP contribution in [-0.4, -0.2) is 35.0 Å². The molecular weight excluding hydrogens is 436 g/mol. The lowest BCUT2D eigenvalue weighted by molar-refractivity contribution is -0.144. The van der Waals surface area contributed by atoms with E-state index in [9.17, 15) is 4.79 Å². The summed E-state index contributed by atoms with van der Waals surface area (Å²) in [6.07, 6.45) is 19.1. The zero-order chi connectivity index (χ0) is 24.3. The van der Waals surface area contributed by atoms with Crippen LogP contribution in [0.25, 0.3) is 0 Å². The number of guanidine groups is 1. The summed E-state index contributed by atoms with van der Waals surface area (Å²) in [6, 6.07) is 8.30. The fraction of sp³-hybridized carbons (Fsp3) is 0.586. The standard InChI is InChI=1S/C29H40N4O2/c30-28(31)32-18-21-9-8-10-22(17-21)19-33(27(34)23-11-2-1-3-12-23)20-29-16-7-6-14-25(29)24-13-4-5-15-26(24)35-29/h4-10,17,23-26H,1-3,11-16,18-20H2,(H4,30,31,32). The molecule has 0 radical (unpaired) electrons. The average molecular weight is 477 g/mol. The second kappa shape index (κ2) is 10.6. The molecule has 0 spiro atoms. The van der Waals surface area contributed by atoms with Gasteiger partial charge in [0.05, 0.1) is 24.8 Å². The number of hydrogen-bond acceptors (Lipinski definition) is 3. The Balaban J connectivity index is 1.41. The first-order valence-corrected chi connectivity index (χ1v) is 13.4. The third kappa shape index (κ3) is 5.32. The first-order chi connectivity index (χ1) is 17.0. The van der Waals surface area contributed by atoms with Crippen molar-refractivity contribution in [1.82, 2.24) is 4.90 Å². The summed E-state index contributed by atoms with van der Waals surface area (Å²) in [6.45, 7) is 1.71. The summed E-state index contributed by atoms with van der Waals surface area (Å²) in [5, 5.41) is 0. The van der Waals surface area contributed by atoms with Gasteiger partial charge < -0.3 is 21.1 Å². The number of rotatable bonds is 7. The topological polar surface area (TPSA) is 93.9 Å². The number of nitrogens with zero attached hydrogens (tertiary/aromatic N) is 2. The van der Waals surface area contributed by atoms with Crippen molar-refractivity contribution in [2.24, 2.45) is 34.2 Å². The van der Waals surface area contributed by atoms with Crippen molar-refractivity contribution in [3.63, 3.8) is 0 Å². The Labute approximate surface area is 209 Å². The molecule has 4 atom stereocenters. The molecule has 188 valence electrons. The van der Waals surface area contributed by atoms with Gasteiger partial charge in [-0.05, 0) is 61.5 Å². The molecule has 2 fully saturated rings. The van der Waals surface area contributed by atoms with Crippen LogP contribution in [0.1, 0.15) is 68.9 Å². The number of fused-ring (bicyclic) bond motifs is 3. The van der Waals surface area contributed by atoms with Crippen molar-refractivity contribution in [2.75, 3.05) is 6.54 Å². The second-order valence-corrected chi connectivity index (χ2v) is 10.9. The van der Waals surface area contributed by atoms with E-state index in [1.54, 1.807) is 0 Å². The fourth-order valence-corrected chi connectivity index (χ4v) is 6.85. The number of carbonyl (C=O) groups is 1. The van der Waals surface area contributed by atoms with E-state index in [-0.39, 0.29) is 23.6 Å². The number of aliphatic imine (C=N–C) groups is 1. The van der Waals surface area contributed by atoms with E-state index in [2.05, 4.69) is 46.3 Å². The van der Waals surface area contributed by atoms with Crippen LogP contribution in [0, 0.1) is 17.8 Å². The van der Waals surface area contributed by atoms with Crippen LogP contribution in [0.15, 0.2) is 53.6 Å². The van der Waals surface area contributed by atoms with Gasteiger partial charge in [0, 0.05) is 12.5 Å². The van der Waals surface area contributed by atoms with E-state index in [1.807, 2.05) is 12.1 Å². The molecule has 6 nitrogen and oxygen atoms in total. The maximum atomic E-state index is 14.0. The molecule has 1 saturated carbocycles. The first-order valence-electron chi connectivity index (χ1n) is 13.4. The molecule has 4 aliphatic rings. The highest BCUT2D eigenvalue weighted by Crippen LogP contribution is 2.51. The van der Waals surface area contributed by atoms with Gasteiger partial charge in [0.1, 0.15) is 0 Å². The third-order valence-electron chi connectivity index (χ3n) is 8.55. The molecule has 1 saturated heterocycles. The summed E-state index contributed by atoms with van der Waals surface area (Å²) < 4.78 is 6.91. The quantitative estimate of drug-likeness (QED) is 0.346. The van der Waals surface area contributed by atoms with Crippen LogP contribution < -0.4 is 11.5 Å². The number of allylic oxidation sites excluding steroid dienone is 2. The van der Waals surface area contributed by atoms with Gasteiger partial charge in [0.15, 0.2) is 5.96 Å². The highest BCUT2D eigenvalue weighted by molar-refractivity contribution is 5.79.